The third-order valence-corrected chi connectivity index (χ3v) is 4.80. The normalized spacial score (nSPS) is 43.8. The van der Waals surface area contributed by atoms with Crippen molar-refractivity contribution in [3.63, 3.8) is 0 Å². The molecule has 0 unspecified atom stereocenters. The van der Waals surface area contributed by atoms with Crippen molar-refractivity contribution in [1.82, 2.24) is 0 Å². The lowest BCUT2D eigenvalue weighted by molar-refractivity contribution is -0.129. The van der Waals surface area contributed by atoms with Crippen LogP contribution in [0.2, 0.25) is 0 Å². The molecule has 2 rings (SSSR count). The predicted octanol–water partition coefficient (Wildman–Crippen LogP) is 2.48. The van der Waals surface area contributed by atoms with Crippen molar-refractivity contribution in [2.45, 2.75) is 39.7 Å². The van der Waals surface area contributed by atoms with Crippen LogP contribution < -0.4 is 0 Å². The van der Waals surface area contributed by atoms with E-state index in [1.807, 2.05) is 0 Å². The molecule has 2 bridgehead atoms. The minimum absolute atomic E-state index is 0.0738. The molecule has 2 aliphatic rings. The fourth-order valence-electron chi connectivity index (χ4n) is 3.24. The molecule has 76 valence electrons. The fourth-order valence-corrected chi connectivity index (χ4v) is 3.36. The van der Waals surface area contributed by atoms with Crippen LogP contribution in [-0.2, 0) is 4.79 Å². The number of carbonyl (C=O) groups excluding carboxylic acids is 1. The highest BCUT2D eigenvalue weighted by molar-refractivity contribution is 7.78. The molecule has 0 aliphatic heterocycles. The second kappa shape index (κ2) is 2.74. The summed E-state index contributed by atoms with van der Waals surface area (Å²) < 4.78 is 0. The number of hydrogen-bond acceptors (Lipinski definition) is 3. The van der Waals surface area contributed by atoms with E-state index in [2.05, 4.69) is 43.1 Å². The first kappa shape index (κ1) is 10.0. The van der Waals surface area contributed by atoms with Crippen molar-refractivity contribution in [3.8, 4) is 0 Å². The summed E-state index contributed by atoms with van der Waals surface area (Å²) in [5.74, 6) is 0.645. The van der Waals surface area contributed by atoms with E-state index < -0.39 is 0 Å². The van der Waals surface area contributed by atoms with E-state index in [1.54, 1.807) is 0 Å². The Morgan fingerprint density at radius 3 is 2.57 bits per heavy atom. The number of ketones is 1. The fraction of sp³-hybridized carbons (Fsp3) is 0.818. The molecule has 2 fully saturated rings. The van der Waals surface area contributed by atoms with E-state index in [0.717, 1.165) is 12.8 Å². The summed E-state index contributed by atoms with van der Waals surface area (Å²) in [6.45, 7) is 6.44. The molecule has 0 spiro atoms. The number of nitrogens with zero attached hydrogens (tertiary/aromatic N) is 1. The SMILES string of the molecule is CC1(C)[C@@H]2CC[C@@]1(C)C(=O)[C@@H]2N=C=S. The van der Waals surface area contributed by atoms with Crippen molar-refractivity contribution in [3.05, 3.63) is 0 Å². The minimum atomic E-state index is -0.207. The number of isothiocyanates is 1. The Kier molecular flexibility index (Phi) is 1.96. The molecule has 0 heterocycles. The predicted molar refractivity (Wildman–Crippen MR) is 58.4 cm³/mol. The van der Waals surface area contributed by atoms with E-state index >= 15 is 0 Å². The molecule has 0 amide bonds. The van der Waals surface area contributed by atoms with E-state index in [0.29, 0.717) is 5.92 Å². The van der Waals surface area contributed by atoms with Crippen LogP contribution in [0.4, 0.5) is 0 Å². The Morgan fingerprint density at radius 2 is 2.14 bits per heavy atom. The van der Waals surface area contributed by atoms with Gasteiger partial charge in [0.15, 0.2) is 5.78 Å². The highest BCUT2D eigenvalue weighted by Crippen LogP contribution is 2.64. The lowest BCUT2D eigenvalue weighted by Gasteiger charge is -2.31. The third-order valence-electron chi connectivity index (χ3n) is 4.69. The molecular weight excluding hydrogens is 194 g/mol. The smallest absolute Gasteiger partial charge is 0.164 e. The first-order chi connectivity index (χ1) is 6.45. The Hall–Kier alpha value is -0.530. The number of fused-ring (bicyclic) bond motifs is 2. The number of aliphatic imine (C=N–C) groups is 1. The summed E-state index contributed by atoms with van der Waals surface area (Å²) in [6, 6.07) is -0.207. The van der Waals surface area contributed by atoms with Gasteiger partial charge < -0.3 is 0 Å². The zero-order valence-corrected chi connectivity index (χ0v) is 9.65. The second-order valence-corrected chi connectivity index (χ2v) is 5.41. The summed E-state index contributed by atoms with van der Waals surface area (Å²) in [4.78, 5) is 16.2. The summed E-state index contributed by atoms with van der Waals surface area (Å²) in [5.41, 5.74) is -0.109. The zero-order valence-electron chi connectivity index (χ0n) is 8.83. The van der Waals surface area contributed by atoms with E-state index in [4.69, 9.17) is 0 Å². The van der Waals surface area contributed by atoms with Gasteiger partial charge in [0.05, 0.1) is 5.16 Å². The first-order valence-corrected chi connectivity index (χ1v) is 5.47. The summed E-state index contributed by atoms with van der Waals surface area (Å²) >= 11 is 4.60. The van der Waals surface area contributed by atoms with Gasteiger partial charge in [-0.15, -0.1) is 0 Å². The van der Waals surface area contributed by atoms with Crippen LogP contribution in [0, 0.1) is 16.7 Å². The van der Waals surface area contributed by atoms with Crippen molar-refractivity contribution >= 4 is 23.2 Å². The van der Waals surface area contributed by atoms with Gasteiger partial charge in [-0.05, 0) is 36.4 Å². The standard InChI is InChI=1S/C11H15NOS/c1-10(2)7-4-5-11(10,3)9(13)8(7)12-6-14/h7-8H,4-5H2,1-3H3/t7-,8-,11+/m1/s1. The molecule has 2 saturated carbocycles. The van der Waals surface area contributed by atoms with E-state index in [1.165, 1.54) is 0 Å². The quantitative estimate of drug-likeness (QED) is 0.490. The van der Waals surface area contributed by atoms with Crippen LogP contribution >= 0.6 is 12.2 Å². The maximum Gasteiger partial charge on any atom is 0.164 e. The van der Waals surface area contributed by atoms with Crippen LogP contribution in [0.1, 0.15) is 33.6 Å². The third kappa shape index (κ3) is 0.896. The van der Waals surface area contributed by atoms with Gasteiger partial charge in [-0.1, -0.05) is 20.8 Å². The van der Waals surface area contributed by atoms with Gasteiger partial charge in [0.25, 0.3) is 0 Å². The number of thiocarbonyl (C=S) groups is 1. The van der Waals surface area contributed by atoms with Crippen molar-refractivity contribution in [2.24, 2.45) is 21.7 Å². The monoisotopic (exact) mass is 209 g/mol. The number of carbonyl (C=O) groups is 1. The molecule has 2 nitrogen and oxygen atoms in total. The van der Waals surface area contributed by atoms with Gasteiger partial charge in [-0.3, -0.25) is 4.79 Å². The summed E-state index contributed by atoms with van der Waals surface area (Å²) in [6.07, 6.45) is 2.10. The Bertz CT molecular complexity index is 343. The van der Waals surface area contributed by atoms with Gasteiger partial charge in [0.1, 0.15) is 6.04 Å². The van der Waals surface area contributed by atoms with Crippen LogP contribution in [-0.4, -0.2) is 17.0 Å². The van der Waals surface area contributed by atoms with Crippen molar-refractivity contribution in [2.75, 3.05) is 0 Å². The van der Waals surface area contributed by atoms with Crippen molar-refractivity contribution in [1.29, 1.82) is 0 Å². The molecule has 0 radical (unpaired) electrons. The molecule has 0 aromatic heterocycles. The molecule has 0 aromatic carbocycles. The summed E-state index contributed by atoms with van der Waals surface area (Å²) in [7, 11) is 0. The minimum Gasteiger partial charge on any atom is -0.297 e. The maximum atomic E-state index is 12.1. The number of hydrogen-bond donors (Lipinski definition) is 0. The maximum absolute atomic E-state index is 12.1. The zero-order chi connectivity index (χ0) is 10.6. The van der Waals surface area contributed by atoms with Crippen LogP contribution in [0.3, 0.4) is 0 Å². The number of rotatable bonds is 1. The lowest BCUT2D eigenvalue weighted by atomic mass is 9.70. The Labute approximate surface area is 89.8 Å². The van der Waals surface area contributed by atoms with Gasteiger partial charge in [0.2, 0.25) is 0 Å². The second-order valence-electron chi connectivity index (χ2n) is 5.23. The Morgan fingerprint density at radius 1 is 1.50 bits per heavy atom. The number of Topliss-reactive ketones (excluding diaryl/α,β-unsaturated/α-hetero) is 1. The molecule has 2 aliphatic carbocycles. The molecule has 0 saturated heterocycles. The van der Waals surface area contributed by atoms with Gasteiger partial charge in [0, 0.05) is 5.41 Å². The average Bonchev–Trinajstić information content (AvgIpc) is 2.41. The molecule has 14 heavy (non-hydrogen) atoms. The van der Waals surface area contributed by atoms with Gasteiger partial charge in [-0.25, -0.2) is 4.99 Å². The van der Waals surface area contributed by atoms with Crippen LogP contribution in [0.5, 0.6) is 0 Å². The molecule has 3 heteroatoms. The lowest BCUT2D eigenvalue weighted by Crippen LogP contribution is -2.34. The molecule has 0 aromatic rings. The van der Waals surface area contributed by atoms with Crippen LogP contribution in [0.15, 0.2) is 4.99 Å². The van der Waals surface area contributed by atoms with Crippen molar-refractivity contribution < 1.29 is 4.79 Å². The first-order valence-electron chi connectivity index (χ1n) is 5.06. The Balaban J connectivity index is 2.49. The van der Waals surface area contributed by atoms with Gasteiger partial charge in [-0.2, -0.15) is 0 Å². The largest absolute Gasteiger partial charge is 0.297 e. The van der Waals surface area contributed by atoms with E-state index in [9.17, 15) is 4.79 Å². The topological polar surface area (TPSA) is 29.4 Å². The molecule has 0 N–H and O–H groups in total. The van der Waals surface area contributed by atoms with Crippen LogP contribution in [0.25, 0.3) is 0 Å². The highest BCUT2D eigenvalue weighted by Gasteiger charge is 2.66. The van der Waals surface area contributed by atoms with Gasteiger partial charge >= 0.3 is 0 Å². The average molecular weight is 209 g/mol. The summed E-state index contributed by atoms with van der Waals surface area (Å²) in [5, 5.41) is 2.37. The molecular formula is C11H15NOS. The molecule has 3 atom stereocenters. The van der Waals surface area contributed by atoms with E-state index in [-0.39, 0.29) is 22.7 Å². The highest BCUT2D eigenvalue weighted by atomic mass is 32.1.